The molecule has 1 amide bonds. The van der Waals surface area contributed by atoms with Crippen molar-refractivity contribution in [2.75, 3.05) is 32.7 Å². The zero-order valence-corrected chi connectivity index (χ0v) is 13.6. The van der Waals surface area contributed by atoms with Crippen molar-refractivity contribution in [3.8, 4) is 0 Å². The van der Waals surface area contributed by atoms with E-state index in [0.717, 1.165) is 64.8 Å². The van der Waals surface area contributed by atoms with E-state index in [1.165, 1.54) is 0 Å². The number of hydrogen-bond acceptors (Lipinski definition) is 3. The minimum Gasteiger partial charge on any atom is -0.343 e. The molecule has 0 unspecified atom stereocenters. The van der Waals surface area contributed by atoms with Crippen LogP contribution in [0.3, 0.4) is 0 Å². The van der Waals surface area contributed by atoms with Crippen molar-refractivity contribution >= 4 is 5.91 Å². The molecular weight excluding hydrogens is 250 g/mol. The van der Waals surface area contributed by atoms with E-state index in [1.54, 1.807) is 0 Å². The maximum Gasteiger partial charge on any atom is 0.225 e. The molecule has 0 spiro atoms. The molecule has 2 N–H and O–H groups in total. The zero-order chi connectivity index (χ0) is 15.0. The predicted octanol–water partition coefficient (Wildman–Crippen LogP) is 2.08. The van der Waals surface area contributed by atoms with Crippen LogP contribution in [0.25, 0.3) is 0 Å². The summed E-state index contributed by atoms with van der Waals surface area (Å²) in [5.74, 6) is 0.585. The van der Waals surface area contributed by atoms with Crippen molar-refractivity contribution < 1.29 is 4.79 Å². The van der Waals surface area contributed by atoms with Gasteiger partial charge >= 0.3 is 0 Å². The highest BCUT2D eigenvalue weighted by Crippen LogP contribution is 2.25. The van der Waals surface area contributed by atoms with Gasteiger partial charge in [-0.1, -0.05) is 13.8 Å². The molecule has 1 aliphatic carbocycles. The molecule has 1 rings (SSSR count). The van der Waals surface area contributed by atoms with Crippen molar-refractivity contribution in [2.45, 2.75) is 58.9 Å². The molecule has 0 aliphatic heterocycles. The van der Waals surface area contributed by atoms with Gasteiger partial charge in [-0.25, -0.2) is 0 Å². The summed E-state index contributed by atoms with van der Waals surface area (Å²) in [5.41, 5.74) is 5.92. The highest BCUT2D eigenvalue weighted by atomic mass is 16.2. The Balaban J connectivity index is 2.35. The molecule has 0 aromatic heterocycles. The summed E-state index contributed by atoms with van der Waals surface area (Å²) in [4.78, 5) is 17.0. The topological polar surface area (TPSA) is 49.6 Å². The lowest BCUT2D eigenvalue weighted by Gasteiger charge is -2.31. The molecule has 0 heterocycles. The lowest BCUT2D eigenvalue weighted by atomic mass is 9.85. The molecule has 4 heteroatoms. The van der Waals surface area contributed by atoms with Crippen LogP contribution in [0.1, 0.15) is 52.9 Å². The summed E-state index contributed by atoms with van der Waals surface area (Å²) in [5, 5.41) is 0. The fraction of sp³-hybridized carbons (Fsp3) is 0.938. The van der Waals surface area contributed by atoms with Gasteiger partial charge in [-0.05, 0) is 58.7 Å². The van der Waals surface area contributed by atoms with Gasteiger partial charge in [-0.15, -0.1) is 0 Å². The standard InChI is InChI=1S/C16H33N3O/c1-4-18(5-2)12-7-13-19(6-3)16(20)14-8-10-15(17)11-9-14/h14-15H,4-13,17H2,1-3H3. The van der Waals surface area contributed by atoms with Crippen molar-refractivity contribution in [3.63, 3.8) is 0 Å². The van der Waals surface area contributed by atoms with Gasteiger partial charge in [-0.2, -0.15) is 0 Å². The Hall–Kier alpha value is -0.610. The SMILES string of the molecule is CCN(CC)CCCN(CC)C(=O)C1CCC(N)CC1. The summed E-state index contributed by atoms with van der Waals surface area (Å²) in [6, 6.07) is 0.316. The number of nitrogens with zero attached hydrogens (tertiary/aromatic N) is 2. The minimum atomic E-state index is 0.225. The number of nitrogens with two attached hydrogens (primary N) is 1. The lowest BCUT2D eigenvalue weighted by molar-refractivity contribution is -0.136. The van der Waals surface area contributed by atoms with Crippen molar-refractivity contribution in [1.29, 1.82) is 0 Å². The molecule has 118 valence electrons. The van der Waals surface area contributed by atoms with E-state index in [0.29, 0.717) is 11.9 Å². The second-order valence-electron chi connectivity index (χ2n) is 5.91. The Morgan fingerprint density at radius 2 is 1.60 bits per heavy atom. The highest BCUT2D eigenvalue weighted by Gasteiger charge is 2.27. The van der Waals surface area contributed by atoms with E-state index >= 15 is 0 Å². The molecule has 1 aliphatic rings. The van der Waals surface area contributed by atoms with Gasteiger partial charge in [0.1, 0.15) is 0 Å². The molecule has 0 saturated heterocycles. The molecule has 1 saturated carbocycles. The number of carbonyl (C=O) groups excluding carboxylic acids is 1. The summed E-state index contributed by atoms with van der Waals surface area (Å²) in [7, 11) is 0. The van der Waals surface area contributed by atoms with E-state index in [9.17, 15) is 4.79 Å². The third-order valence-corrected chi connectivity index (χ3v) is 4.61. The van der Waals surface area contributed by atoms with Crippen LogP contribution in [0, 0.1) is 5.92 Å². The molecule has 0 radical (unpaired) electrons. The average Bonchev–Trinajstić information content (AvgIpc) is 2.48. The Kier molecular flexibility index (Phi) is 8.15. The number of hydrogen-bond donors (Lipinski definition) is 1. The van der Waals surface area contributed by atoms with Crippen LogP contribution in [0.2, 0.25) is 0 Å². The van der Waals surface area contributed by atoms with Gasteiger partial charge < -0.3 is 15.5 Å². The summed E-state index contributed by atoms with van der Waals surface area (Å²) < 4.78 is 0. The van der Waals surface area contributed by atoms with Gasteiger partial charge in [0.05, 0.1) is 0 Å². The first kappa shape index (κ1) is 17.4. The molecule has 20 heavy (non-hydrogen) atoms. The van der Waals surface area contributed by atoms with Crippen LogP contribution in [0.4, 0.5) is 0 Å². The van der Waals surface area contributed by atoms with Crippen LogP contribution in [0.15, 0.2) is 0 Å². The van der Waals surface area contributed by atoms with Gasteiger partial charge in [-0.3, -0.25) is 4.79 Å². The third-order valence-electron chi connectivity index (χ3n) is 4.61. The van der Waals surface area contributed by atoms with Gasteiger partial charge in [0.15, 0.2) is 0 Å². The van der Waals surface area contributed by atoms with Crippen LogP contribution >= 0.6 is 0 Å². The molecule has 1 fully saturated rings. The maximum absolute atomic E-state index is 12.5. The molecule has 0 aromatic rings. The zero-order valence-electron chi connectivity index (χ0n) is 13.6. The molecule has 0 bridgehead atoms. The summed E-state index contributed by atoms with van der Waals surface area (Å²) >= 11 is 0. The minimum absolute atomic E-state index is 0.225. The fourth-order valence-corrected chi connectivity index (χ4v) is 3.07. The van der Waals surface area contributed by atoms with E-state index < -0.39 is 0 Å². The van der Waals surface area contributed by atoms with E-state index in [2.05, 4.69) is 25.7 Å². The summed E-state index contributed by atoms with van der Waals surface area (Å²) in [6.45, 7) is 11.5. The van der Waals surface area contributed by atoms with E-state index in [1.807, 2.05) is 4.90 Å². The third kappa shape index (κ3) is 5.41. The Morgan fingerprint density at radius 3 is 2.10 bits per heavy atom. The smallest absolute Gasteiger partial charge is 0.225 e. The predicted molar refractivity (Wildman–Crippen MR) is 84.6 cm³/mol. The van der Waals surface area contributed by atoms with Crippen molar-refractivity contribution in [2.24, 2.45) is 11.7 Å². The Bertz CT molecular complexity index is 271. The van der Waals surface area contributed by atoms with Crippen LogP contribution in [-0.2, 0) is 4.79 Å². The largest absolute Gasteiger partial charge is 0.343 e. The maximum atomic E-state index is 12.5. The fourth-order valence-electron chi connectivity index (χ4n) is 3.07. The normalized spacial score (nSPS) is 23.1. The highest BCUT2D eigenvalue weighted by molar-refractivity contribution is 5.78. The first-order valence-corrected chi connectivity index (χ1v) is 8.39. The Morgan fingerprint density at radius 1 is 1.00 bits per heavy atom. The summed E-state index contributed by atoms with van der Waals surface area (Å²) in [6.07, 6.45) is 5.05. The number of amides is 1. The quantitative estimate of drug-likeness (QED) is 0.742. The van der Waals surface area contributed by atoms with E-state index in [-0.39, 0.29) is 5.92 Å². The van der Waals surface area contributed by atoms with Crippen LogP contribution in [-0.4, -0.2) is 54.5 Å². The molecule has 4 nitrogen and oxygen atoms in total. The monoisotopic (exact) mass is 283 g/mol. The average molecular weight is 283 g/mol. The van der Waals surface area contributed by atoms with Crippen molar-refractivity contribution in [1.82, 2.24) is 9.80 Å². The number of carbonyl (C=O) groups is 1. The first-order valence-electron chi connectivity index (χ1n) is 8.39. The van der Waals surface area contributed by atoms with Crippen LogP contribution < -0.4 is 5.73 Å². The second kappa shape index (κ2) is 9.35. The van der Waals surface area contributed by atoms with Crippen molar-refractivity contribution in [3.05, 3.63) is 0 Å². The van der Waals surface area contributed by atoms with E-state index in [4.69, 9.17) is 5.73 Å². The molecule has 0 aromatic carbocycles. The lowest BCUT2D eigenvalue weighted by Crippen LogP contribution is -2.40. The molecular formula is C16H33N3O. The first-order chi connectivity index (χ1) is 9.62. The van der Waals surface area contributed by atoms with Gasteiger partial charge in [0.2, 0.25) is 5.91 Å². The van der Waals surface area contributed by atoms with Gasteiger partial charge in [0, 0.05) is 25.0 Å². The van der Waals surface area contributed by atoms with Crippen LogP contribution in [0.5, 0.6) is 0 Å². The van der Waals surface area contributed by atoms with Gasteiger partial charge in [0.25, 0.3) is 0 Å². The number of rotatable bonds is 8. The molecule has 0 atom stereocenters. The Labute approximate surface area is 124 Å². The second-order valence-corrected chi connectivity index (χ2v) is 5.91.